The van der Waals surface area contributed by atoms with Crippen molar-refractivity contribution in [2.24, 2.45) is 33.9 Å². The molecule has 0 fully saturated rings. The third-order valence-electron chi connectivity index (χ3n) is 8.58. The highest BCUT2D eigenvalue weighted by Gasteiger charge is 2.21. The van der Waals surface area contributed by atoms with E-state index in [1.54, 1.807) is 56.3 Å². The molecule has 1 aromatic carbocycles. The van der Waals surface area contributed by atoms with Gasteiger partial charge in [-0.2, -0.15) is 10.2 Å². The van der Waals surface area contributed by atoms with E-state index in [0.717, 1.165) is 29.4 Å². The van der Waals surface area contributed by atoms with Crippen LogP contribution in [-0.2, 0) is 28.2 Å². The van der Waals surface area contributed by atoms with Crippen molar-refractivity contribution in [3.63, 3.8) is 0 Å². The Balaban J connectivity index is 0.00000744. The number of nitrogens with zero attached hydrogens (tertiary/aromatic N) is 7. The number of carbonyl (C=O) groups is 5. The summed E-state index contributed by atoms with van der Waals surface area (Å²) in [6, 6.07) is 13.1. The van der Waals surface area contributed by atoms with Crippen LogP contribution in [0.15, 0.2) is 60.9 Å². The van der Waals surface area contributed by atoms with Crippen LogP contribution in [0.1, 0.15) is 58.7 Å². The lowest BCUT2D eigenvalue weighted by molar-refractivity contribution is 0.0942. The maximum Gasteiger partial charge on any atom is 0.275 e. The number of hydrogen-bond acceptors (Lipinski definition) is 9. The van der Waals surface area contributed by atoms with Crippen LogP contribution < -0.4 is 37.2 Å². The number of aryl methyl sites for hydroxylation is 4. The van der Waals surface area contributed by atoms with E-state index in [4.69, 9.17) is 11.1 Å². The number of hydrogen-bond donors (Lipinski definition) is 7. The summed E-state index contributed by atoms with van der Waals surface area (Å²) in [5.74, 6) is -2.24. The van der Waals surface area contributed by atoms with Crippen LogP contribution in [0.5, 0.6) is 0 Å². The molecule has 8 N–H and O–H groups in total. The average molecular weight is 992 g/mol. The van der Waals surface area contributed by atoms with Crippen molar-refractivity contribution in [1.82, 2.24) is 34.0 Å². The Hall–Kier alpha value is -5.74. The van der Waals surface area contributed by atoms with Crippen LogP contribution in [0.3, 0.4) is 0 Å². The molecule has 5 amide bonds. The highest BCUT2D eigenvalue weighted by atomic mass is 79.9. The summed E-state index contributed by atoms with van der Waals surface area (Å²) in [5, 5.41) is 30.8. The molecule has 308 valence electrons. The van der Waals surface area contributed by atoms with Gasteiger partial charge in [-0.15, -0.1) is 17.0 Å². The number of rotatable bonds is 17. The average Bonchev–Trinajstić information content (AvgIpc) is 3.92. The maximum absolute atomic E-state index is 13.3. The van der Waals surface area contributed by atoms with Crippen molar-refractivity contribution >= 4 is 113 Å². The van der Waals surface area contributed by atoms with E-state index in [-0.39, 0.29) is 76.1 Å². The molecule has 0 saturated heterocycles. The van der Waals surface area contributed by atoms with Crippen molar-refractivity contribution in [3.8, 4) is 0 Å². The van der Waals surface area contributed by atoms with Crippen molar-refractivity contribution in [2.45, 2.75) is 6.42 Å². The fourth-order valence-electron chi connectivity index (χ4n) is 5.76. The minimum atomic E-state index is -0.591. The molecule has 0 bridgehead atoms. The normalized spacial score (nSPS) is 10.7. The number of nitrogens with one attached hydrogen (secondary N) is 6. The lowest BCUT2D eigenvalue weighted by Crippen LogP contribution is -2.29. The molecule has 4 heterocycles. The van der Waals surface area contributed by atoms with Crippen LogP contribution in [0.25, 0.3) is 0 Å². The summed E-state index contributed by atoms with van der Waals surface area (Å²) in [5.41, 5.74) is 8.31. The van der Waals surface area contributed by atoms with E-state index in [0.29, 0.717) is 16.9 Å². The summed E-state index contributed by atoms with van der Waals surface area (Å²) in [4.78, 5) is 67.4. The van der Waals surface area contributed by atoms with Crippen LogP contribution in [0.4, 0.5) is 28.7 Å². The standard InChI is InChI=1S/C36H42Br2N14O5.BrH/c1-48-19-22(42-32(53)21-5-7-24(8-6-21)52(13-10-37)14-11-38)15-25(48)34(55)43-23-16-26(49(2)20-23)35(56)44-31-18-28(51(4)47-31)36(57)45-30-17-27(50(3)46-30)33(54)41-12-9-29(39)40;/h5-8,15-20H,9-14H2,1-4H3,(H3,39,40)(H,41,54)(H,42,53)(H,43,55)(H,44,47,56)(H,45,46,57);1H. The molecule has 0 aliphatic carbocycles. The second-order valence-electron chi connectivity index (χ2n) is 12.8. The van der Waals surface area contributed by atoms with Crippen molar-refractivity contribution in [2.75, 3.05) is 56.5 Å². The monoisotopic (exact) mass is 988 g/mol. The van der Waals surface area contributed by atoms with Gasteiger partial charge in [0, 0.05) is 101 Å². The number of halogens is 3. The number of amidine groups is 1. The molecule has 0 spiro atoms. The molecule has 0 aliphatic rings. The Morgan fingerprint density at radius 1 is 0.672 bits per heavy atom. The Labute approximate surface area is 360 Å². The number of anilines is 5. The third kappa shape index (κ3) is 11.2. The molecule has 22 heteroatoms. The van der Waals surface area contributed by atoms with Gasteiger partial charge in [-0.1, -0.05) is 31.9 Å². The van der Waals surface area contributed by atoms with E-state index >= 15 is 0 Å². The van der Waals surface area contributed by atoms with Crippen LogP contribution >= 0.6 is 48.8 Å². The van der Waals surface area contributed by atoms with Crippen molar-refractivity contribution in [3.05, 3.63) is 89.3 Å². The first-order chi connectivity index (χ1) is 27.2. The number of nitrogens with two attached hydrogens (primary N) is 1. The minimum Gasteiger partial charge on any atom is -0.388 e. The summed E-state index contributed by atoms with van der Waals surface area (Å²) in [6.45, 7) is 1.82. The second kappa shape index (κ2) is 20.1. The van der Waals surface area contributed by atoms with E-state index in [9.17, 15) is 24.0 Å². The topological polar surface area (TPSA) is 244 Å². The molecule has 58 heavy (non-hydrogen) atoms. The number of amides is 5. The van der Waals surface area contributed by atoms with Gasteiger partial charge in [0.2, 0.25) is 0 Å². The molecule has 5 rings (SSSR count). The molecule has 0 aliphatic heterocycles. The van der Waals surface area contributed by atoms with Crippen LogP contribution in [0, 0.1) is 5.41 Å². The number of carbonyl (C=O) groups excluding carboxylic acids is 5. The highest BCUT2D eigenvalue weighted by molar-refractivity contribution is 9.09. The SMILES string of the molecule is Br.Cn1cc(NC(=O)c2ccc(N(CCBr)CCBr)cc2)cc1C(=O)Nc1cc(C(=O)Nc2cc(C(=O)Nc3cc(C(=O)NCCC(=N)N)n(C)n3)n(C)n2)n(C)c1. The Morgan fingerprint density at radius 3 is 1.60 bits per heavy atom. The zero-order valence-electron chi connectivity index (χ0n) is 31.9. The second-order valence-corrected chi connectivity index (χ2v) is 14.4. The Kier molecular flexibility index (Phi) is 15.6. The number of alkyl halides is 2. The maximum atomic E-state index is 13.3. The fraction of sp³-hybridized carbons (Fsp3) is 0.278. The first kappa shape index (κ1) is 45.0. The quantitative estimate of drug-likeness (QED) is 0.0403. The fourth-order valence-corrected chi connectivity index (χ4v) is 6.61. The van der Waals surface area contributed by atoms with Gasteiger partial charge in [-0.25, -0.2) is 0 Å². The lowest BCUT2D eigenvalue weighted by atomic mass is 10.1. The van der Waals surface area contributed by atoms with E-state index in [2.05, 4.69) is 73.5 Å². The van der Waals surface area contributed by atoms with Crippen LogP contribution in [0.2, 0.25) is 0 Å². The largest absolute Gasteiger partial charge is 0.388 e. The molecule has 5 aromatic rings. The zero-order chi connectivity index (χ0) is 41.4. The molecule has 0 saturated carbocycles. The van der Waals surface area contributed by atoms with Crippen molar-refractivity contribution < 1.29 is 24.0 Å². The lowest BCUT2D eigenvalue weighted by Gasteiger charge is -2.23. The summed E-state index contributed by atoms with van der Waals surface area (Å²) in [6.07, 6.45) is 3.40. The Bertz CT molecular complexity index is 2300. The predicted octanol–water partition coefficient (Wildman–Crippen LogP) is 4.07. The van der Waals surface area contributed by atoms with Gasteiger partial charge in [0.25, 0.3) is 29.5 Å². The first-order valence-corrected chi connectivity index (χ1v) is 19.7. The van der Waals surface area contributed by atoms with Gasteiger partial charge in [0.15, 0.2) is 11.6 Å². The van der Waals surface area contributed by atoms with Gasteiger partial charge in [-0.3, -0.25) is 38.7 Å². The molecule has 0 unspecified atom stereocenters. The van der Waals surface area contributed by atoms with Gasteiger partial charge in [-0.05, 0) is 36.4 Å². The molecular formula is C36H43Br3N14O5. The van der Waals surface area contributed by atoms with E-state index in [1.807, 2.05) is 12.1 Å². The van der Waals surface area contributed by atoms with Gasteiger partial charge >= 0.3 is 0 Å². The highest BCUT2D eigenvalue weighted by Crippen LogP contribution is 2.21. The minimum absolute atomic E-state index is 0. The predicted molar refractivity (Wildman–Crippen MR) is 234 cm³/mol. The molecule has 0 atom stereocenters. The number of aromatic nitrogens is 6. The molecule has 19 nitrogen and oxygen atoms in total. The summed E-state index contributed by atoms with van der Waals surface area (Å²) >= 11 is 6.95. The van der Waals surface area contributed by atoms with Gasteiger partial charge in [0.1, 0.15) is 22.8 Å². The Morgan fingerprint density at radius 2 is 1.12 bits per heavy atom. The summed E-state index contributed by atoms with van der Waals surface area (Å²) < 4.78 is 5.69. The third-order valence-corrected chi connectivity index (χ3v) is 9.29. The molecule has 4 aromatic heterocycles. The smallest absolute Gasteiger partial charge is 0.275 e. The van der Waals surface area contributed by atoms with E-state index < -0.39 is 23.6 Å². The van der Waals surface area contributed by atoms with E-state index in [1.165, 1.54) is 39.2 Å². The zero-order valence-corrected chi connectivity index (χ0v) is 36.8. The van der Waals surface area contributed by atoms with Crippen molar-refractivity contribution in [1.29, 1.82) is 5.41 Å². The summed E-state index contributed by atoms with van der Waals surface area (Å²) in [7, 11) is 6.38. The first-order valence-electron chi connectivity index (χ1n) is 17.4. The molecular weight excluding hydrogens is 948 g/mol. The number of benzene rings is 1. The molecule has 0 radical (unpaired) electrons. The van der Waals surface area contributed by atoms with Gasteiger partial charge < -0.3 is 46.4 Å². The van der Waals surface area contributed by atoms with Gasteiger partial charge in [0.05, 0.1) is 17.2 Å². The van der Waals surface area contributed by atoms with Crippen LogP contribution in [-0.4, -0.2) is 94.4 Å².